The molecular formula is C14H11BrFN3O. The van der Waals surface area contributed by atoms with E-state index >= 15 is 0 Å². The number of nitrogens with two attached hydrogens (primary N) is 1. The van der Waals surface area contributed by atoms with E-state index in [1.165, 1.54) is 6.07 Å². The number of aromatic nitrogens is 1. The van der Waals surface area contributed by atoms with Crippen LogP contribution in [0.2, 0.25) is 0 Å². The third kappa shape index (κ3) is 2.34. The number of hydrogen-bond acceptors (Lipinski definition) is 4. The maximum atomic E-state index is 13.6. The zero-order valence-electron chi connectivity index (χ0n) is 10.6. The molecule has 0 fully saturated rings. The Bertz CT molecular complexity index is 800. The molecule has 0 aliphatic rings. The van der Waals surface area contributed by atoms with Crippen molar-refractivity contribution in [3.63, 3.8) is 0 Å². The van der Waals surface area contributed by atoms with Gasteiger partial charge in [-0.25, -0.2) is 4.39 Å². The van der Waals surface area contributed by atoms with Crippen molar-refractivity contribution in [1.29, 1.82) is 0 Å². The van der Waals surface area contributed by atoms with E-state index in [0.29, 0.717) is 33.0 Å². The van der Waals surface area contributed by atoms with Gasteiger partial charge in [0.15, 0.2) is 5.58 Å². The summed E-state index contributed by atoms with van der Waals surface area (Å²) >= 11 is 3.15. The van der Waals surface area contributed by atoms with E-state index in [4.69, 9.17) is 10.2 Å². The molecule has 1 aromatic heterocycles. The summed E-state index contributed by atoms with van der Waals surface area (Å²) < 4.78 is 19.5. The summed E-state index contributed by atoms with van der Waals surface area (Å²) in [7, 11) is 0. The first-order valence-corrected chi connectivity index (χ1v) is 6.71. The molecule has 0 unspecified atom stereocenters. The molecule has 0 bridgehead atoms. The van der Waals surface area contributed by atoms with Crippen molar-refractivity contribution < 1.29 is 8.81 Å². The van der Waals surface area contributed by atoms with Gasteiger partial charge in [-0.15, -0.1) is 0 Å². The zero-order valence-corrected chi connectivity index (χ0v) is 12.2. The standard InChI is InChI=1S/C14H11BrFN3O/c1-7-4-9(15)10(16)6-11(7)18-14-19-12-5-8(17)2-3-13(12)20-14/h2-6H,17H2,1H3,(H,18,19). The fraction of sp³-hybridized carbons (Fsp3) is 0.0714. The lowest BCUT2D eigenvalue weighted by molar-refractivity contribution is 0.617. The van der Waals surface area contributed by atoms with Gasteiger partial charge in [0, 0.05) is 11.4 Å². The molecule has 20 heavy (non-hydrogen) atoms. The van der Waals surface area contributed by atoms with Crippen LogP contribution in [0.3, 0.4) is 0 Å². The lowest BCUT2D eigenvalue weighted by atomic mass is 10.2. The van der Waals surface area contributed by atoms with E-state index in [2.05, 4.69) is 26.2 Å². The van der Waals surface area contributed by atoms with Crippen molar-refractivity contribution in [2.75, 3.05) is 11.1 Å². The van der Waals surface area contributed by atoms with Crippen molar-refractivity contribution in [3.8, 4) is 0 Å². The molecule has 4 nitrogen and oxygen atoms in total. The summed E-state index contributed by atoms with van der Waals surface area (Å²) in [4.78, 5) is 4.27. The molecule has 0 aliphatic carbocycles. The van der Waals surface area contributed by atoms with Crippen LogP contribution >= 0.6 is 15.9 Å². The average Bonchev–Trinajstić information content (AvgIpc) is 2.77. The highest BCUT2D eigenvalue weighted by molar-refractivity contribution is 9.10. The van der Waals surface area contributed by atoms with Gasteiger partial charge in [-0.2, -0.15) is 4.98 Å². The molecule has 0 spiro atoms. The second-order valence-corrected chi connectivity index (χ2v) is 5.31. The molecule has 1 heterocycles. The monoisotopic (exact) mass is 335 g/mol. The second kappa shape index (κ2) is 4.79. The lowest BCUT2D eigenvalue weighted by Gasteiger charge is -2.07. The lowest BCUT2D eigenvalue weighted by Crippen LogP contribution is -1.94. The van der Waals surface area contributed by atoms with Gasteiger partial charge in [-0.3, -0.25) is 0 Å². The third-order valence-corrected chi connectivity index (χ3v) is 3.53. The molecule has 0 amide bonds. The highest BCUT2D eigenvalue weighted by Crippen LogP contribution is 2.28. The molecule has 0 saturated heterocycles. The van der Waals surface area contributed by atoms with Crippen molar-refractivity contribution in [2.45, 2.75) is 6.92 Å². The number of fused-ring (bicyclic) bond motifs is 1. The number of oxazole rings is 1. The van der Waals surface area contributed by atoms with Crippen LogP contribution in [0.25, 0.3) is 11.1 Å². The molecule has 2 aromatic carbocycles. The first-order chi connectivity index (χ1) is 9.52. The molecule has 102 valence electrons. The number of halogens is 2. The summed E-state index contributed by atoms with van der Waals surface area (Å²) in [6, 6.07) is 8.59. The molecule has 3 rings (SSSR count). The molecule has 0 atom stereocenters. The first kappa shape index (κ1) is 12.9. The molecular weight excluding hydrogens is 325 g/mol. The Morgan fingerprint density at radius 3 is 2.90 bits per heavy atom. The molecule has 3 N–H and O–H groups in total. The minimum absolute atomic E-state index is 0.301. The van der Waals surface area contributed by atoms with Gasteiger partial charge in [-0.05, 0) is 58.7 Å². The number of hydrogen-bond donors (Lipinski definition) is 2. The zero-order chi connectivity index (χ0) is 14.3. The van der Waals surface area contributed by atoms with E-state index in [1.807, 2.05) is 6.92 Å². The van der Waals surface area contributed by atoms with Crippen LogP contribution in [-0.4, -0.2) is 4.98 Å². The second-order valence-electron chi connectivity index (χ2n) is 4.45. The van der Waals surface area contributed by atoms with E-state index in [0.717, 1.165) is 5.56 Å². The van der Waals surface area contributed by atoms with Crippen LogP contribution in [0.5, 0.6) is 0 Å². The molecule has 0 radical (unpaired) electrons. The Labute approximate surface area is 122 Å². The van der Waals surface area contributed by atoms with Gasteiger partial charge in [0.2, 0.25) is 0 Å². The van der Waals surface area contributed by atoms with E-state index in [-0.39, 0.29) is 5.82 Å². The maximum Gasteiger partial charge on any atom is 0.300 e. The maximum absolute atomic E-state index is 13.6. The number of anilines is 3. The van der Waals surface area contributed by atoms with Gasteiger partial charge in [0.25, 0.3) is 6.01 Å². The van der Waals surface area contributed by atoms with Crippen molar-refractivity contribution in [2.24, 2.45) is 0 Å². The van der Waals surface area contributed by atoms with Gasteiger partial charge < -0.3 is 15.5 Å². The number of aryl methyl sites for hydroxylation is 1. The van der Waals surface area contributed by atoms with Crippen LogP contribution in [0, 0.1) is 12.7 Å². The largest absolute Gasteiger partial charge is 0.423 e. The van der Waals surface area contributed by atoms with E-state index < -0.39 is 0 Å². The number of nitrogens with one attached hydrogen (secondary N) is 1. The molecule has 3 aromatic rings. The minimum Gasteiger partial charge on any atom is -0.423 e. The van der Waals surface area contributed by atoms with Crippen LogP contribution in [-0.2, 0) is 0 Å². The predicted molar refractivity (Wildman–Crippen MR) is 80.5 cm³/mol. The van der Waals surface area contributed by atoms with Crippen molar-refractivity contribution >= 4 is 44.4 Å². The predicted octanol–water partition coefficient (Wildman–Crippen LogP) is 4.36. The van der Waals surface area contributed by atoms with Gasteiger partial charge >= 0.3 is 0 Å². The number of rotatable bonds is 2. The summed E-state index contributed by atoms with van der Waals surface area (Å²) in [5, 5.41) is 2.97. The highest BCUT2D eigenvalue weighted by atomic mass is 79.9. The Morgan fingerprint density at radius 1 is 1.30 bits per heavy atom. The molecule has 0 saturated carbocycles. The van der Waals surface area contributed by atoms with Crippen LogP contribution in [0.15, 0.2) is 39.2 Å². The smallest absolute Gasteiger partial charge is 0.300 e. The first-order valence-electron chi connectivity index (χ1n) is 5.91. The normalized spacial score (nSPS) is 10.9. The number of benzene rings is 2. The van der Waals surface area contributed by atoms with Crippen LogP contribution in [0.4, 0.5) is 21.8 Å². The summed E-state index contributed by atoms with van der Waals surface area (Å²) in [5.74, 6) is -0.349. The summed E-state index contributed by atoms with van der Waals surface area (Å²) in [6.07, 6.45) is 0. The van der Waals surface area contributed by atoms with Crippen molar-refractivity contribution in [3.05, 3.63) is 46.2 Å². The van der Waals surface area contributed by atoms with Gasteiger partial charge in [0.05, 0.1) is 4.47 Å². The van der Waals surface area contributed by atoms with E-state index in [1.54, 1.807) is 24.3 Å². The highest BCUT2D eigenvalue weighted by Gasteiger charge is 2.10. The topological polar surface area (TPSA) is 64.1 Å². The molecule has 0 aliphatic heterocycles. The fourth-order valence-corrected chi connectivity index (χ4v) is 2.35. The summed E-state index contributed by atoms with van der Waals surface area (Å²) in [5.41, 5.74) is 9.06. The quantitative estimate of drug-likeness (QED) is 0.683. The Kier molecular flexibility index (Phi) is 3.10. The molecule has 6 heteroatoms. The Morgan fingerprint density at radius 2 is 2.10 bits per heavy atom. The Hall–Kier alpha value is -2.08. The van der Waals surface area contributed by atoms with Crippen LogP contribution < -0.4 is 11.1 Å². The SMILES string of the molecule is Cc1cc(Br)c(F)cc1Nc1nc2cc(N)ccc2o1. The fourth-order valence-electron chi connectivity index (χ4n) is 1.89. The van der Waals surface area contributed by atoms with Crippen LogP contribution in [0.1, 0.15) is 5.56 Å². The number of nitrogen functional groups attached to an aromatic ring is 1. The minimum atomic E-state index is -0.349. The van der Waals surface area contributed by atoms with Gasteiger partial charge in [-0.1, -0.05) is 0 Å². The number of nitrogens with zero attached hydrogens (tertiary/aromatic N) is 1. The Balaban J connectivity index is 1.99. The van der Waals surface area contributed by atoms with Gasteiger partial charge in [0.1, 0.15) is 11.3 Å². The average molecular weight is 336 g/mol. The third-order valence-electron chi connectivity index (χ3n) is 2.92. The van der Waals surface area contributed by atoms with Crippen molar-refractivity contribution in [1.82, 2.24) is 4.98 Å². The summed E-state index contributed by atoms with van der Waals surface area (Å²) in [6.45, 7) is 1.87. The van der Waals surface area contributed by atoms with E-state index in [9.17, 15) is 4.39 Å².